The summed E-state index contributed by atoms with van der Waals surface area (Å²) in [7, 11) is 0. The van der Waals surface area contributed by atoms with Crippen molar-refractivity contribution < 1.29 is 25.8 Å². The first kappa shape index (κ1) is 32.6. The maximum Gasteiger partial charge on any atom is 0 e. The fourth-order valence-electron chi connectivity index (χ4n) is 3.34. The second-order valence-electron chi connectivity index (χ2n) is 7.23. The van der Waals surface area contributed by atoms with E-state index in [4.69, 9.17) is 0 Å². The molecule has 5 nitrogen and oxygen atoms in total. The zero-order chi connectivity index (χ0) is 21.0. The summed E-state index contributed by atoms with van der Waals surface area (Å²) < 4.78 is 1.24. The van der Waals surface area contributed by atoms with E-state index in [0.717, 1.165) is 70.6 Å². The molecule has 4 aromatic rings. The van der Waals surface area contributed by atoms with Crippen molar-refractivity contribution >= 4 is 146 Å². The molecule has 2 aliphatic heterocycles. The number of nitrogens with one attached hydrogen (secondary N) is 2. The molecule has 2 aliphatic rings. The molecule has 0 fully saturated rings. The normalized spacial score (nSPS) is 10.5. The Morgan fingerprint density at radius 1 is 0.514 bits per heavy atom. The number of aromatic amines is 2. The summed E-state index contributed by atoms with van der Waals surface area (Å²) in [5.41, 5.74) is 7.86. The third-order valence-corrected chi connectivity index (χ3v) is 5.96. The van der Waals surface area contributed by atoms with Gasteiger partial charge in [-0.3, -0.25) is 0 Å². The molecule has 0 aliphatic carbocycles. The van der Waals surface area contributed by atoms with E-state index < -0.39 is 0 Å². The number of aromatic nitrogens is 5. The summed E-state index contributed by atoms with van der Waals surface area (Å²) in [6.45, 7) is 0. The predicted molar refractivity (Wildman–Crippen MR) is 179 cm³/mol. The van der Waals surface area contributed by atoms with Crippen molar-refractivity contribution in [3.05, 3.63) is 95.7 Å². The maximum absolute atomic E-state index is 4.63. The van der Waals surface area contributed by atoms with Gasteiger partial charge in [-0.1, -0.05) is 0 Å². The Morgan fingerprint density at radius 3 is 1.14 bits per heavy atom. The molecule has 4 radical (unpaired) electrons. The summed E-state index contributed by atoms with van der Waals surface area (Å²) in [5, 5.41) is 0. The number of nitrogens with zero attached hydrogens (tertiary/aromatic N) is 3. The van der Waals surface area contributed by atoms with Gasteiger partial charge in [0, 0.05) is 118 Å². The Hall–Kier alpha value is -0.408. The van der Waals surface area contributed by atoms with Gasteiger partial charge in [-0.15, -0.1) is 0 Å². The Labute approximate surface area is 287 Å². The minimum atomic E-state index is 0. The monoisotopic (exact) mass is 1010 g/mol. The molecule has 0 atom stereocenters. The van der Waals surface area contributed by atoms with Crippen molar-refractivity contribution in [1.82, 2.24) is 24.9 Å². The first-order valence-corrected chi connectivity index (χ1v) is 12.0. The van der Waals surface area contributed by atoms with Crippen LogP contribution in [0.25, 0.3) is 46.4 Å². The van der Waals surface area contributed by atoms with Gasteiger partial charge in [0.1, 0.15) is 0 Å². The van der Waals surface area contributed by atoms with Crippen LogP contribution in [-0.4, -0.2) is 24.9 Å². The van der Waals surface area contributed by atoms with Gasteiger partial charge in [-0.05, 0) is 72.8 Å². The molecule has 0 saturated carbocycles. The molecule has 0 spiro atoms. The van der Waals surface area contributed by atoms with Crippen LogP contribution in [0.4, 0.5) is 0 Å². The summed E-state index contributed by atoms with van der Waals surface area (Å²) in [4.78, 5) is 20.1. The number of halogens is 4. The van der Waals surface area contributed by atoms with Crippen LogP contribution in [0.1, 0.15) is 22.8 Å². The minimum absolute atomic E-state index is 0. The van der Waals surface area contributed by atoms with Gasteiger partial charge in [0.15, 0.2) is 0 Å². The molecule has 0 aromatic carbocycles. The zero-order valence-electron chi connectivity index (χ0n) is 18.3. The van der Waals surface area contributed by atoms with Crippen LogP contribution >= 0.6 is 95.9 Å². The van der Waals surface area contributed by atoms with E-state index in [-0.39, 0.29) is 95.9 Å². The van der Waals surface area contributed by atoms with Crippen LogP contribution in [0.3, 0.4) is 0 Å². The van der Waals surface area contributed by atoms with E-state index in [1.54, 1.807) is 0 Å². The number of rotatable bonds is 0. The van der Waals surface area contributed by atoms with E-state index >= 15 is 0 Å². The van der Waals surface area contributed by atoms with Crippen LogP contribution in [0.15, 0.2) is 72.9 Å². The first-order valence-electron chi connectivity index (χ1n) is 9.97. The van der Waals surface area contributed by atoms with Crippen molar-refractivity contribution in [2.75, 3.05) is 0 Å². The van der Waals surface area contributed by atoms with Gasteiger partial charge >= 0.3 is 58.4 Å². The predicted octanol–water partition coefficient (Wildman–Crippen LogP) is 8.45. The summed E-state index contributed by atoms with van der Waals surface area (Å²) >= 11 is 0.859. The number of hydrogen-bond acceptors (Lipinski definition) is 3. The van der Waals surface area contributed by atoms with E-state index in [9.17, 15) is 0 Å². The molecule has 10 heteroatoms. The SMILES string of the molecule is C1=Cc2cc3ccc(cc4nc(cc5ccc(cc1n2)[nH]5)C=C4)[nH]3.[Cd][c]1ccccn1.[I].[I].[I].[I]. The third-order valence-electron chi connectivity index (χ3n) is 4.77. The molecular weight excluding hydrogens is 990 g/mol. The minimum Gasteiger partial charge on any atom is 0 e. The van der Waals surface area contributed by atoms with E-state index in [0.29, 0.717) is 0 Å². The van der Waals surface area contributed by atoms with Gasteiger partial charge in [-0.2, -0.15) is 0 Å². The average Bonchev–Trinajstić information content (AvgIpc) is 3.55. The molecule has 6 rings (SSSR count). The molecule has 4 aromatic heterocycles. The molecule has 6 heterocycles. The molecule has 35 heavy (non-hydrogen) atoms. The quantitative estimate of drug-likeness (QED) is 0.119. The molecular formula is C25H18CdI4N5. The average molecular weight is 1010 g/mol. The Kier molecular flexibility index (Phi) is 14.7. The summed E-state index contributed by atoms with van der Waals surface area (Å²) in [6, 6.07) is 22.4. The van der Waals surface area contributed by atoms with Crippen LogP contribution in [-0.2, 0) is 25.8 Å². The molecule has 2 N–H and O–H groups in total. The van der Waals surface area contributed by atoms with Crippen molar-refractivity contribution in [1.29, 1.82) is 0 Å². The summed E-state index contributed by atoms with van der Waals surface area (Å²) in [5.74, 6) is 0. The van der Waals surface area contributed by atoms with E-state index in [2.05, 4.69) is 49.2 Å². The third kappa shape index (κ3) is 9.44. The fraction of sp³-hybridized carbons (Fsp3) is 0. The van der Waals surface area contributed by atoms with Crippen LogP contribution in [0, 0.1) is 0 Å². The zero-order valence-corrected chi connectivity index (χ0v) is 31.0. The summed E-state index contributed by atoms with van der Waals surface area (Å²) in [6.07, 6.45) is 9.92. The van der Waals surface area contributed by atoms with Gasteiger partial charge in [0.25, 0.3) is 0 Å². The topological polar surface area (TPSA) is 70.2 Å². The number of fused-ring (bicyclic) bond motifs is 8. The smallest absolute Gasteiger partial charge is 0 e. The largest absolute Gasteiger partial charge is 0 e. The second kappa shape index (κ2) is 15.8. The van der Waals surface area contributed by atoms with E-state index in [1.807, 2.05) is 73.0 Å². The molecule has 0 amide bonds. The van der Waals surface area contributed by atoms with Crippen molar-refractivity contribution in [2.24, 2.45) is 0 Å². The molecule has 0 unspecified atom stereocenters. The van der Waals surface area contributed by atoms with Crippen molar-refractivity contribution in [3.8, 4) is 0 Å². The molecule has 0 saturated heterocycles. The standard InChI is InChI=1S/C20H14N4.C5H4N.Cd.4I/c1-2-14-10-16-5-6-18(23-16)12-20-8-7-19(24-20)11-17-4-3-15(22-17)9-13(1)21-14;1-2-4-6-5-3-1;;;;;/h1-12,21,24H;1-4H;;;;;. The Bertz CT molecular complexity index is 1290. The first-order chi connectivity index (χ1) is 15.2. The van der Waals surface area contributed by atoms with Crippen LogP contribution < -0.4 is 3.25 Å². The second-order valence-corrected chi connectivity index (χ2v) is 9.29. The fourth-order valence-corrected chi connectivity index (χ4v) is 4.03. The van der Waals surface area contributed by atoms with Crippen molar-refractivity contribution in [2.45, 2.75) is 0 Å². The van der Waals surface area contributed by atoms with Crippen molar-refractivity contribution in [3.63, 3.8) is 0 Å². The van der Waals surface area contributed by atoms with Crippen LogP contribution in [0.2, 0.25) is 0 Å². The van der Waals surface area contributed by atoms with E-state index in [1.165, 1.54) is 3.25 Å². The van der Waals surface area contributed by atoms with Gasteiger partial charge in [-0.25, -0.2) is 9.97 Å². The molecule has 8 bridgehead atoms. The van der Waals surface area contributed by atoms with Gasteiger partial charge in [0.2, 0.25) is 0 Å². The van der Waals surface area contributed by atoms with Gasteiger partial charge < -0.3 is 9.97 Å². The number of H-pyrrole nitrogens is 2. The Balaban J connectivity index is 0.000000489. The maximum atomic E-state index is 4.63. The Morgan fingerprint density at radius 2 is 0.886 bits per heavy atom. The molecule has 173 valence electrons. The van der Waals surface area contributed by atoms with Crippen LogP contribution in [0.5, 0.6) is 0 Å². The van der Waals surface area contributed by atoms with Gasteiger partial charge in [0.05, 0.1) is 22.8 Å². The number of hydrogen-bond donors (Lipinski definition) is 2. The number of pyridine rings is 1.